The summed E-state index contributed by atoms with van der Waals surface area (Å²) in [4.78, 5) is 12.3. The molecule has 1 unspecified atom stereocenters. The molecule has 114 valence electrons. The van der Waals surface area contributed by atoms with Gasteiger partial charge in [-0.05, 0) is 25.5 Å². The monoisotopic (exact) mass is 359 g/mol. The van der Waals surface area contributed by atoms with Gasteiger partial charge in [-0.2, -0.15) is 0 Å². The fraction of sp³-hybridized carbons (Fsp3) is 0.500. The number of thiophene rings is 1. The maximum absolute atomic E-state index is 11.5. The molecule has 1 rings (SSSR count). The van der Waals surface area contributed by atoms with E-state index in [9.17, 15) is 21.6 Å². The Labute approximate surface area is 126 Å². The molecule has 0 fully saturated rings. The van der Waals surface area contributed by atoms with Crippen LogP contribution in [-0.2, 0) is 30.1 Å². The van der Waals surface area contributed by atoms with Gasteiger partial charge in [-0.15, -0.1) is 11.3 Å². The molecule has 1 aromatic rings. The predicted octanol–water partition coefficient (Wildman–Crippen LogP) is 0.767. The summed E-state index contributed by atoms with van der Waals surface area (Å²) >= 11 is 1.02. The highest BCUT2D eigenvalue weighted by Crippen LogP contribution is 2.24. The van der Waals surface area contributed by atoms with Gasteiger partial charge in [0.25, 0.3) is 9.05 Å². The van der Waals surface area contributed by atoms with Crippen molar-refractivity contribution in [3.05, 3.63) is 17.0 Å². The van der Waals surface area contributed by atoms with E-state index in [1.807, 2.05) is 0 Å². The van der Waals surface area contributed by atoms with Crippen molar-refractivity contribution < 1.29 is 21.6 Å². The lowest BCUT2D eigenvalue weighted by molar-refractivity contribution is -0.120. The third kappa shape index (κ3) is 5.04. The van der Waals surface area contributed by atoms with Crippen molar-refractivity contribution >= 4 is 46.8 Å². The number of hydrogen-bond acceptors (Lipinski definition) is 6. The molecule has 0 aliphatic heterocycles. The lowest BCUT2D eigenvalue weighted by atomic mass is 10.3. The Morgan fingerprint density at radius 1 is 1.35 bits per heavy atom. The molecule has 1 atom stereocenters. The molecule has 0 bridgehead atoms. The van der Waals surface area contributed by atoms with Crippen molar-refractivity contribution in [3.63, 3.8) is 0 Å². The highest BCUT2D eigenvalue weighted by Gasteiger charge is 2.23. The third-order valence-corrected chi connectivity index (χ3v) is 7.30. The summed E-state index contributed by atoms with van der Waals surface area (Å²) in [6.07, 6.45) is 1.40. The molecule has 10 heteroatoms. The summed E-state index contributed by atoms with van der Waals surface area (Å²) in [7, 11) is -1.96. The maximum Gasteiger partial charge on any atom is 0.270 e. The van der Waals surface area contributed by atoms with Gasteiger partial charge >= 0.3 is 0 Å². The molecule has 1 aromatic heterocycles. The summed E-state index contributed by atoms with van der Waals surface area (Å²) in [6, 6.07) is 3.00. The largest absolute Gasteiger partial charge is 0.355 e. The second-order valence-corrected chi connectivity index (χ2v) is 10.5. The van der Waals surface area contributed by atoms with Gasteiger partial charge in [-0.3, -0.25) is 4.79 Å². The Bertz CT molecular complexity index is 692. The van der Waals surface area contributed by atoms with Crippen LogP contribution < -0.4 is 5.32 Å². The van der Waals surface area contributed by atoms with Crippen molar-refractivity contribution in [2.45, 2.75) is 22.8 Å². The van der Waals surface area contributed by atoms with Crippen LogP contribution in [0.15, 0.2) is 16.3 Å². The number of carbonyl (C=O) groups is 1. The van der Waals surface area contributed by atoms with E-state index in [2.05, 4.69) is 5.32 Å². The van der Waals surface area contributed by atoms with Crippen LogP contribution in [-0.4, -0.2) is 40.8 Å². The van der Waals surface area contributed by atoms with Gasteiger partial charge in [-0.1, -0.05) is 0 Å². The van der Waals surface area contributed by atoms with Gasteiger partial charge in [0.2, 0.25) is 5.91 Å². The molecule has 0 radical (unpaired) electrons. The van der Waals surface area contributed by atoms with E-state index in [1.165, 1.54) is 13.0 Å². The molecule has 20 heavy (non-hydrogen) atoms. The minimum Gasteiger partial charge on any atom is -0.355 e. The second-order valence-electron chi connectivity index (χ2n) is 4.17. The number of halogens is 1. The van der Waals surface area contributed by atoms with Crippen molar-refractivity contribution in [3.8, 4) is 0 Å². The molecule has 0 aromatic carbocycles. The van der Waals surface area contributed by atoms with Gasteiger partial charge in [0.05, 0.1) is 0 Å². The first-order valence-corrected chi connectivity index (χ1v) is 10.6. The first-order chi connectivity index (χ1) is 9.01. The minimum absolute atomic E-state index is 0.0463. The Morgan fingerprint density at radius 2 is 1.95 bits per heavy atom. The van der Waals surface area contributed by atoms with E-state index >= 15 is 0 Å². The smallest absolute Gasteiger partial charge is 0.270 e. The molecule has 6 nitrogen and oxygen atoms in total. The Balaban J connectivity index is 2.54. The average molecular weight is 360 g/mol. The fourth-order valence-electron chi connectivity index (χ4n) is 1.27. The first-order valence-electron chi connectivity index (χ1n) is 5.52. The lowest BCUT2D eigenvalue weighted by Gasteiger charge is -2.09. The minimum atomic E-state index is -3.73. The van der Waals surface area contributed by atoms with Gasteiger partial charge in [0, 0.05) is 28.4 Å². The molecule has 0 aliphatic carbocycles. The zero-order valence-electron chi connectivity index (χ0n) is 10.8. The zero-order valence-corrected chi connectivity index (χ0v) is 14.0. The van der Waals surface area contributed by atoms with Crippen LogP contribution in [0.1, 0.15) is 11.8 Å². The van der Waals surface area contributed by atoms with Crippen LogP contribution >= 0.6 is 22.0 Å². The van der Waals surface area contributed by atoms with Crippen molar-refractivity contribution in [2.75, 3.05) is 12.8 Å². The summed E-state index contributed by atoms with van der Waals surface area (Å²) in [5, 5.41) is 1.38. The van der Waals surface area contributed by atoms with Crippen LogP contribution in [0.5, 0.6) is 0 Å². The topological polar surface area (TPSA) is 97.4 Å². The zero-order chi connectivity index (χ0) is 15.6. The van der Waals surface area contributed by atoms with Crippen LogP contribution in [0.3, 0.4) is 0 Å². The highest BCUT2D eigenvalue weighted by molar-refractivity contribution is 8.15. The number of nitrogens with one attached hydrogen (secondary N) is 1. The van der Waals surface area contributed by atoms with Crippen molar-refractivity contribution in [2.24, 2.45) is 0 Å². The van der Waals surface area contributed by atoms with Crippen LogP contribution in [0.25, 0.3) is 0 Å². The molecule has 0 spiro atoms. The number of amides is 1. The summed E-state index contributed by atoms with van der Waals surface area (Å²) in [5.41, 5.74) is 0. The van der Waals surface area contributed by atoms with Gasteiger partial charge in [0.15, 0.2) is 9.84 Å². The van der Waals surface area contributed by atoms with E-state index in [1.54, 1.807) is 6.07 Å². The van der Waals surface area contributed by atoms with E-state index in [4.69, 9.17) is 10.7 Å². The highest BCUT2D eigenvalue weighted by atomic mass is 35.7. The number of hydrogen-bond donors (Lipinski definition) is 1. The van der Waals surface area contributed by atoms with Gasteiger partial charge in [0.1, 0.15) is 9.46 Å². The van der Waals surface area contributed by atoms with Crippen LogP contribution in [0, 0.1) is 0 Å². The van der Waals surface area contributed by atoms with Crippen LogP contribution in [0.4, 0.5) is 0 Å². The quantitative estimate of drug-likeness (QED) is 0.756. The van der Waals surface area contributed by atoms with E-state index < -0.39 is 30.0 Å². The van der Waals surface area contributed by atoms with E-state index in [0.717, 1.165) is 22.5 Å². The average Bonchev–Trinajstić information content (AvgIpc) is 2.75. The summed E-state index contributed by atoms with van der Waals surface area (Å²) < 4.78 is 44.5. The summed E-state index contributed by atoms with van der Waals surface area (Å²) in [5.74, 6) is -0.575. The lowest BCUT2D eigenvalue weighted by Crippen LogP contribution is -2.38. The van der Waals surface area contributed by atoms with E-state index in [-0.39, 0.29) is 10.8 Å². The van der Waals surface area contributed by atoms with E-state index in [0.29, 0.717) is 6.42 Å². The third-order valence-electron chi connectivity index (χ3n) is 2.56. The molecule has 0 saturated carbocycles. The molecule has 0 saturated heterocycles. The Hall–Kier alpha value is -0.640. The standard InChI is InChI=1S/C10H14ClNO5S3/c1-7(19(2,14)15)10(13)12-6-5-8-3-4-9(18-8)20(11,16)17/h3-4,7H,5-6H2,1-2H3,(H,12,13). The Morgan fingerprint density at radius 3 is 2.40 bits per heavy atom. The molecule has 1 amide bonds. The first kappa shape index (κ1) is 17.4. The number of carbonyl (C=O) groups excluding carboxylic acids is 1. The van der Waals surface area contributed by atoms with Crippen molar-refractivity contribution in [1.29, 1.82) is 0 Å². The molecule has 1 heterocycles. The molecular formula is C10H14ClNO5S3. The van der Waals surface area contributed by atoms with Crippen molar-refractivity contribution in [1.82, 2.24) is 5.32 Å². The SMILES string of the molecule is CC(C(=O)NCCc1ccc(S(=O)(=O)Cl)s1)S(C)(=O)=O. The number of sulfone groups is 1. The van der Waals surface area contributed by atoms with Gasteiger partial charge < -0.3 is 5.32 Å². The molecule has 0 aliphatic rings. The normalized spacial score (nSPS) is 13.9. The number of rotatable bonds is 6. The fourth-order valence-corrected chi connectivity index (χ4v) is 3.87. The predicted molar refractivity (Wildman–Crippen MR) is 78.4 cm³/mol. The summed E-state index contributed by atoms with van der Waals surface area (Å²) in [6.45, 7) is 1.54. The maximum atomic E-state index is 11.5. The van der Waals surface area contributed by atoms with Crippen LogP contribution in [0.2, 0.25) is 0 Å². The Kier molecular flexibility index (Phi) is 5.59. The second kappa shape index (κ2) is 6.42. The molecule has 1 N–H and O–H groups in total. The molecular weight excluding hydrogens is 346 g/mol. The van der Waals surface area contributed by atoms with Gasteiger partial charge in [-0.25, -0.2) is 16.8 Å².